The van der Waals surface area contributed by atoms with Gasteiger partial charge in [-0.2, -0.15) is 4.98 Å². The molecule has 0 fully saturated rings. The first-order valence-electron chi connectivity index (χ1n) is 10.5. The molecule has 0 saturated carbocycles. The van der Waals surface area contributed by atoms with Crippen LogP contribution in [-0.4, -0.2) is 36.2 Å². The van der Waals surface area contributed by atoms with Gasteiger partial charge < -0.3 is 19.7 Å². The number of fused-ring (bicyclic) bond motifs is 1. The summed E-state index contributed by atoms with van der Waals surface area (Å²) in [6, 6.07) is 13.9. The number of benzene rings is 2. The van der Waals surface area contributed by atoms with Crippen LogP contribution in [0.1, 0.15) is 34.0 Å². The topological polar surface area (TPSA) is 76.6 Å². The molecular formula is C24H25ClN4O3. The van der Waals surface area contributed by atoms with Gasteiger partial charge in [-0.05, 0) is 42.2 Å². The van der Waals surface area contributed by atoms with Crippen molar-refractivity contribution in [2.75, 3.05) is 30.5 Å². The van der Waals surface area contributed by atoms with Crippen LogP contribution < -0.4 is 15.0 Å². The third-order valence-corrected chi connectivity index (χ3v) is 5.66. The Bertz CT molecular complexity index is 1120. The fourth-order valence-corrected chi connectivity index (χ4v) is 3.97. The van der Waals surface area contributed by atoms with E-state index in [1.165, 1.54) is 17.3 Å². The Morgan fingerprint density at radius 1 is 1.22 bits per heavy atom. The zero-order valence-electron chi connectivity index (χ0n) is 18.1. The van der Waals surface area contributed by atoms with Crippen LogP contribution in [0.3, 0.4) is 0 Å². The molecule has 0 saturated heterocycles. The molecule has 1 aliphatic heterocycles. The van der Waals surface area contributed by atoms with E-state index in [-0.39, 0.29) is 6.61 Å². The number of methoxy groups -OCH3 is 1. The van der Waals surface area contributed by atoms with Crippen LogP contribution in [-0.2, 0) is 24.2 Å². The van der Waals surface area contributed by atoms with Gasteiger partial charge in [0.25, 0.3) is 0 Å². The normalized spacial score (nSPS) is 12.8. The lowest BCUT2D eigenvalue weighted by Crippen LogP contribution is -2.32. The summed E-state index contributed by atoms with van der Waals surface area (Å²) in [6.07, 6.45) is 2.45. The quantitative estimate of drug-likeness (QED) is 0.529. The van der Waals surface area contributed by atoms with Crippen LogP contribution in [0.2, 0.25) is 5.02 Å². The first kappa shape index (κ1) is 21.9. The molecule has 1 N–H and O–H groups in total. The van der Waals surface area contributed by atoms with Crippen molar-refractivity contribution in [2.24, 2.45) is 0 Å². The van der Waals surface area contributed by atoms with Gasteiger partial charge in [-0.25, -0.2) is 9.78 Å². The molecule has 0 spiro atoms. The van der Waals surface area contributed by atoms with Crippen LogP contribution in [0.4, 0.5) is 11.8 Å². The van der Waals surface area contributed by atoms with Gasteiger partial charge in [0.2, 0.25) is 5.95 Å². The highest BCUT2D eigenvalue weighted by atomic mass is 35.5. The summed E-state index contributed by atoms with van der Waals surface area (Å²) in [5.41, 5.74) is 3.84. The summed E-state index contributed by atoms with van der Waals surface area (Å²) in [5.74, 6) is 1.15. The summed E-state index contributed by atoms with van der Waals surface area (Å²) >= 11 is 6.24. The van der Waals surface area contributed by atoms with E-state index in [9.17, 15) is 4.79 Å². The molecule has 0 atom stereocenters. The Labute approximate surface area is 192 Å². The molecule has 0 aliphatic carbocycles. The van der Waals surface area contributed by atoms with Crippen LogP contribution in [0.15, 0.2) is 48.7 Å². The third kappa shape index (κ3) is 4.78. The number of esters is 1. The average Bonchev–Trinajstić information content (AvgIpc) is 2.82. The number of carbonyl (C=O) groups is 1. The van der Waals surface area contributed by atoms with Gasteiger partial charge in [-0.15, -0.1) is 0 Å². The average molecular weight is 453 g/mol. The minimum Gasteiger partial charge on any atom is -0.495 e. The van der Waals surface area contributed by atoms with Crippen molar-refractivity contribution in [3.05, 3.63) is 75.9 Å². The van der Waals surface area contributed by atoms with Crippen molar-refractivity contribution in [1.82, 2.24) is 9.97 Å². The minimum absolute atomic E-state index is 0.275. The molecule has 8 heteroatoms. The molecule has 32 heavy (non-hydrogen) atoms. The summed E-state index contributed by atoms with van der Waals surface area (Å²) in [5, 5.41) is 3.78. The molecule has 4 rings (SSSR count). The molecule has 1 aliphatic rings. The molecule has 7 nitrogen and oxygen atoms in total. The first-order valence-corrected chi connectivity index (χ1v) is 10.9. The minimum atomic E-state index is -0.460. The Balaban J connectivity index is 1.58. The molecule has 0 radical (unpaired) electrons. The van der Waals surface area contributed by atoms with E-state index in [1.807, 2.05) is 24.3 Å². The molecule has 0 amide bonds. The smallest absolute Gasteiger partial charge is 0.343 e. The van der Waals surface area contributed by atoms with E-state index in [0.29, 0.717) is 34.6 Å². The maximum Gasteiger partial charge on any atom is 0.343 e. The SMILES string of the molecule is CCOC(=O)c1cnc(N2CCc3ccccc3C2)nc1NCc1ccc(OC)c(Cl)c1. The number of ether oxygens (including phenoxy) is 2. The van der Waals surface area contributed by atoms with Crippen molar-refractivity contribution in [1.29, 1.82) is 0 Å². The summed E-state index contributed by atoms with van der Waals surface area (Å²) in [6.45, 7) is 4.00. The number of anilines is 2. The van der Waals surface area contributed by atoms with E-state index in [2.05, 4.69) is 38.4 Å². The van der Waals surface area contributed by atoms with Crippen LogP contribution >= 0.6 is 11.6 Å². The van der Waals surface area contributed by atoms with E-state index in [0.717, 1.165) is 25.1 Å². The number of carbonyl (C=O) groups excluding carboxylic acids is 1. The number of nitrogens with one attached hydrogen (secondary N) is 1. The van der Waals surface area contributed by atoms with Gasteiger partial charge in [0.05, 0.1) is 18.7 Å². The number of rotatable bonds is 7. The number of hydrogen-bond acceptors (Lipinski definition) is 7. The van der Waals surface area contributed by atoms with Gasteiger partial charge in [0, 0.05) is 25.8 Å². The Morgan fingerprint density at radius 2 is 2.03 bits per heavy atom. The highest BCUT2D eigenvalue weighted by Gasteiger charge is 2.22. The summed E-state index contributed by atoms with van der Waals surface area (Å²) < 4.78 is 10.4. The Morgan fingerprint density at radius 3 is 2.78 bits per heavy atom. The van der Waals surface area contributed by atoms with E-state index < -0.39 is 5.97 Å². The Kier molecular flexibility index (Phi) is 6.75. The third-order valence-electron chi connectivity index (χ3n) is 5.36. The predicted octanol–water partition coefficient (Wildman–Crippen LogP) is 4.49. The molecular weight excluding hydrogens is 428 g/mol. The lowest BCUT2D eigenvalue weighted by molar-refractivity contribution is 0.0526. The molecule has 2 aromatic carbocycles. The van der Waals surface area contributed by atoms with Crippen LogP contribution in [0.25, 0.3) is 0 Å². The maximum absolute atomic E-state index is 12.5. The highest BCUT2D eigenvalue weighted by Crippen LogP contribution is 2.27. The van der Waals surface area contributed by atoms with Crippen LogP contribution in [0.5, 0.6) is 5.75 Å². The largest absolute Gasteiger partial charge is 0.495 e. The molecule has 3 aromatic rings. The predicted molar refractivity (Wildman–Crippen MR) is 125 cm³/mol. The standard InChI is InChI=1S/C24H25ClN4O3/c1-3-32-23(30)19-14-27-24(29-11-10-17-6-4-5-7-18(17)15-29)28-22(19)26-13-16-8-9-21(31-2)20(25)12-16/h4-9,12,14H,3,10-11,13,15H2,1-2H3,(H,26,27,28). The number of aromatic nitrogens is 2. The van der Waals surface area contributed by atoms with Gasteiger partial charge in [-0.3, -0.25) is 0 Å². The van der Waals surface area contributed by atoms with Gasteiger partial charge in [-0.1, -0.05) is 41.9 Å². The fraction of sp³-hybridized carbons (Fsp3) is 0.292. The lowest BCUT2D eigenvalue weighted by atomic mass is 10.0. The van der Waals surface area contributed by atoms with Crippen molar-refractivity contribution in [3.8, 4) is 5.75 Å². The molecule has 2 heterocycles. The van der Waals surface area contributed by atoms with Gasteiger partial charge in [0.15, 0.2) is 0 Å². The first-order chi connectivity index (χ1) is 15.6. The van der Waals surface area contributed by atoms with Crippen molar-refractivity contribution in [2.45, 2.75) is 26.4 Å². The van der Waals surface area contributed by atoms with Crippen LogP contribution in [0, 0.1) is 0 Å². The summed E-state index contributed by atoms with van der Waals surface area (Å²) in [4.78, 5) is 23.7. The molecule has 166 valence electrons. The Hall–Kier alpha value is -3.32. The lowest BCUT2D eigenvalue weighted by Gasteiger charge is -2.29. The second-order valence-electron chi connectivity index (χ2n) is 7.42. The number of hydrogen-bond donors (Lipinski definition) is 1. The monoisotopic (exact) mass is 452 g/mol. The fourth-order valence-electron chi connectivity index (χ4n) is 3.69. The number of halogens is 1. The number of nitrogens with zero attached hydrogens (tertiary/aromatic N) is 3. The van der Waals surface area contributed by atoms with Gasteiger partial charge >= 0.3 is 5.97 Å². The second kappa shape index (κ2) is 9.87. The molecule has 0 bridgehead atoms. The maximum atomic E-state index is 12.5. The van der Waals surface area contributed by atoms with E-state index in [1.54, 1.807) is 14.0 Å². The molecule has 0 unspecified atom stereocenters. The van der Waals surface area contributed by atoms with Gasteiger partial charge in [0.1, 0.15) is 17.1 Å². The second-order valence-corrected chi connectivity index (χ2v) is 7.82. The van der Waals surface area contributed by atoms with Crippen molar-refractivity contribution >= 4 is 29.3 Å². The summed E-state index contributed by atoms with van der Waals surface area (Å²) in [7, 11) is 1.58. The zero-order chi connectivity index (χ0) is 22.5. The van der Waals surface area contributed by atoms with E-state index >= 15 is 0 Å². The molecule has 1 aromatic heterocycles. The van der Waals surface area contributed by atoms with Crippen molar-refractivity contribution in [3.63, 3.8) is 0 Å². The van der Waals surface area contributed by atoms with Crippen molar-refractivity contribution < 1.29 is 14.3 Å². The highest BCUT2D eigenvalue weighted by molar-refractivity contribution is 6.32. The zero-order valence-corrected chi connectivity index (χ0v) is 18.9. The van der Waals surface area contributed by atoms with E-state index in [4.69, 9.17) is 21.1 Å².